The van der Waals surface area contributed by atoms with Crippen LogP contribution in [0.4, 0.5) is 0 Å². The zero-order valence-electron chi connectivity index (χ0n) is 16.0. The highest BCUT2D eigenvalue weighted by atomic mass is 16.2. The van der Waals surface area contributed by atoms with Crippen LogP contribution in [0.1, 0.15) is 12.0 Å². The van der Waals surface area contributed by atoms with E-state index in [1.165, 1.54) is 4.80 Å². The molecule has 9 nitrogen and oxygen atoms in total. The van der Waals surface area contributed by atoms with Gasteiger partial charge in [-0.2, -0.15) is 15.2 Å². The van der Waals surface area contributed by atoms with Crippen LogP contribution in [0.25, 0.3) is 22.3 Å². The lowest BCUT2D eigenvalue weighted by atomic mass is 10.2. The lowest BCUT2D eigenvalue weighted by Crippen LogP contribution is -2.24. The highest BCUT2D eigenvalue weighted by molar-refractivity contribution is 5.99. The molecule has 0 unspecified atom stereocenters. The number of aromatic nitrogens is 5. The fraction of sp³-hybridized carbons (Fsp3) is 0.143. The molecule has 2 heterocycles. The molecule has 0 saturated carbocycles. The van der Waals surface area contributed by atoms with Crippen molar-refractivity contribution < 1.29 is 4.79 Å². The second-order valence-electron chi connectivity index (χ2n) is 6.51. The molecular weight excluding hydrogens is 380 g/mol. The molecule has 2 aromatic carbocycles. The molecule has 9 heteroatoms. The van der Waals surface area contributed by atoms with Gasteiger partial charge in [-0.1, -0.05) is 48.5 Å². The summed E-state index contributed by atoms with van der Waals surface area (Å²) in [5, 5.41) is 26.0. The van der Waals surface area contributed by atoms with E-state index in [2.05, 4.69) is 32.0 Å². The van der Waals surface area contributed by atoms with Gasteiger partial charge in [-0.3, -0.25) is 4.79 Å². The summed E-state index contributed by atoms with van der Waals surface area (Å²) in [6.45, 7) is 0.500. The summed E-state index contributed by atoms with van der Waals surface area (Å²) in [6, 6.07) is 19.4. The van der Waals surface area contributed by atoms with Gasteiger partial charge in [0.15, 0.2) is 0 Å². The molecule has 0 saturated heterocycles. The minimum absolute atomic E-state index is 0.0961. The van der Waals surface area contributed by atoms with Gasteiger partial charge in [0.2, 0.25) is 5.82 Å². The SMILES string of the molecule is N#CCCn1cc(/C=N/NC(=O)Cn2nnc(-c3ccccc3)n2)c2ccccc21. The van der Waals surface area contributed by atoms with Gasteiger partial charge in [-0.05, 0) is 11.3 Å². The van der Waals surface area contributed by atoms with E-state index in [9.17, 15) is 4.79 Å². The predicted octanol–water partition coefficient (Wildman–Crippen LogP) is 2.36. The maximum absolute atomic E-state index is 12.2. The summed E-state index contributed by atoms with van der Waals surface area (Å²) >= 11 is 0. The normalized spacial score (nSPS) is 11.0. The number of nitriles is 1. The summed E-state index contributed by atoms with van der Waals surface area (Å²) in [6.07, 6.45) is 3.93. The molecule has 0 radical (unpaired) electrons. The molecule has 4 aromatic rings. The van der Waals surface area contributed by atoms with E-state index in [0.717, 1.165) is 22.0 Å². The Morgan fingerprint density at radius 3 is 2.80 bits per heavy atom. The first-order valence-corrected chi connectivity index (χ1v) is 9.34. The number of nitrogens with zero attached hydrogens (tertiary/aromatic N) is 7. The van der Waals surface area contributed by atoms with E-state index in [1.54, 1.807) is 6.21 Å². The number of rotatable bonds is 7. The molecule has 0 bridgehead atoms. The van der Waals surface area contributed by atoms with E-state index in [0.29, 0.717) is 18.8 Å². The van der Waals surface area contributed by atoms with Crippen molar-refractivity contribution >= 4 is 23.0 Å². The number of carbonyl (C=O) groups excluding carboxylic acids is 1. The van der Waals surface area contributed by atoms with E-state index >= 15 is 0 Å². The Kier molecular flexibility index (Phi) is 5.57. The monoisotopic (exact) mass is 398 g/mol. The smallest absolute Gasteiger partial charge is 0.263 e. The molecular formula is C21H18N8O. The Labute approximate surface area is 172 Å². The van der Waals surface area contributed by atoms with Gasteiger partial charge >= 0.3 is 0 Å². The number of fused-ring (bicyclic) bond motifs is 1. The van der Waals surface area contributed by atoms with Crippen LogP contribution in [0.5, 0.6) is 0 Å². The quantitative estimate of drug-likeness (QED) is 0.379. The average molecular weight is 398 g/mol. The molecule has 0 aliphatic rings. The first-order chi connectivity index (χ1) is 14.7. The van der Waals surface area contributed by atoms with Crippen molar-refractivity contribution in [2.24, 2.45) is 5.10 Å². The molecule has 2 aromatic heterocycles. The van der Waals surface area contributed by atoms with Crippen molar-refractivity contribution in [3.05, 3.63) is 66.4 Å². The molecule has 148 valence electrons. The fourth-order valence-corrected chi connectivity index (χ4v) is 3.08. The minimum atomic E-state index is -0.364. The molecule has 30 heavy (non-hydrogen) atoms. The number of tetrazole rings is 1. The molecule has 4 rings (SSSR count). The van der Waals surface area contributed by atoms with Crippen molar-refractivity contribution in [1.82, 2.24) is 30.2 Å². The van der Waals surface area contributed by atoms with Gasteiger partial charge in [0, 0.05) is 34.8 Å². The number of hydrazone groups is 1. The van der Waals surface area contributed by atoms with Crippen LogP contribution in [-0.2, 0) is 17.9 Å². The van der Waals surface area contributed by atoms with Gasteiger partial charge in [0.25, 0.3) is 5.91 Å². The minimum Gasteiger partial charge on any atom is -0.346 e. The summed E-state index contributed by atoms with van der Waals surface area (Å²) in [7, 11) is 0. The number of nitrogens with one attached hydrogen (secondary N) is 1. The summed E-state index contributed by atoms with van der Waals surface area (Å²) < 4.78 is 2.01. The fourth-order valence-electron chi connectivity index (χ4n) is 3.08. The third-order valence-electron chi connectivity index (χ3n) is 4.45. The van der Waals surface area contributed by atoms with Crippen LogP contribution < -0.4 is 5.43 Å². The Morgan fingerprint density at radius 2 is 1.97 bits per heavy atom. The Morgan fingerprint density at radius 1 is 1.17 bits per heavy atom. The van der Waals surface area contributed by atoms with Crippen LogP contribution in [0.3, 0.4) is 0 Å². The molecule has 1 amide bonds. The molecule has 0 aliphatic carbocycles. The average Bonchev–Trinajstić information content (AvgIpc) is 3.38. The number of carbonyl (C=O) groups is 1. The lowest BCUT2D eigenvalue weighted by Gasteiger charge is -2.00. The van der Waals surface area contributed by atoms with E-state index in [-0.39, 0.29) is 12.5 Å². The van der Waals surface area contributed by atoms with E-state index in [1.807, 2.05) is 65.4 Å². The van der Waals surface area contributed by atoms with Crippen molar-refractivity contribution in [2.75, 3.05) is 0 Å². The van der Waals surface area contributed by atoms with Crippen LogP contribution in [0.15, 0.2) is 65.9 Å². The third kappa shape index (κ3) is 4.23. The zero-order chi connectivity index (χ0) is 20.8. The van der Waals surface area contributed by atoms with Gasteiger partial charge in [0.05, 0.1) is 18.7 Å². The largest absolute Gasteiger partial charge is 0.346 e. The van der Waals surface area contributed by atoms with Gasteiger partial charge < -0.3 is 4.57 Å². The van der Waals surface area contributed by atoms with Crippen molar-refractivity contribution in [3.63, 3.8) is 0 Å². The summed E-state index contributed by atoms with van der Waals surface area (Å²) in [5.74, 6) is 0.0913. The van der Waals surface area contributed by atoms with Gasteiger partial charge in [-0.15, -0.1) is 10.2 Å². The highest BCUT2D eigenvalue weighted by Gasteiger charge is 2.09. The maximum Gasteiger partial charge on any atom is 0.263 e. The van der Waals surface area contributed by atoms with Gasteiger partial charge in [-0.25, -0.2) is 5.43 Å². The number of hydrogen-bond donors (Lipinski definition) is 1. The zero-order valence-corrected chi connectivity index (χ0v) is 16.0. The van der Waals surface area contributed by atoms with Crippen LogP contribution in [0, 0.1) is 11.3 Å². The molecule has 0 aliphatic heterocycles. The molecule has 0 atom stereocenters. The topological polar surface area (TPSA) is 114 Å². The van der Waals surface area contributed by atoms with Crippen molar-refractivity contribution in [1.29, 1.82) is 5.26 Å². The summed E-state index contributed by atoms with van der Waals surface area (Å²) in [5.41, 5.74) is 5.19. The van der Waals surface area contributed by atoms with E-state index < -0.39 is 0 Å². The standard InChI is InChI=1S/C21H18N8O/c22-11-6-12-28-14-17(18-9-4-5-10-19(18)28)13-23-24-20(30)15-29-26-21(25-27-29)16-7-2-1-3-8-16/h1-5,7-10,13-14H,6,12,15H2,(H,24,30)/b23-13+. The molecule has 0 fully saturated rings. The van der Waals surface area contributed by atoms with Crippen LogP contribution in [0.2, 0.25) is 0 Å². The van der Waals surface area contributed by atoms with Crippen molar-refractivity contribution in [2.45, 2.75) is 19.5 Å². The van der Waals surface area contributed by atoms with Crippen LogP contribution in [-0.4, -0.2) is 36.9 Å². The first kappa shape index (κ1) is 19.0. The lowest BCUT2D eigenvalue weighted by molar-refractivity contribution is -0.122. The number of aryl methyl sites for hydroxylation is 1. The summed E-state index contributed by atoms with van der Waals surface area (Å²) in [4.78, 5) is 13.4. The van der Waals surface area contributed by atoms with Crippen LogP contribution >= 0.6 is 0 Å². The Bertz CT molecular complexity index is 1230. The number of benzene rings is 2. The van der Waals surface area contributed by atoms with Crippen molar-refractivity contribution in [3.8, 4) is 17.5 Å². The Balaban J connectivity index is 1.41. The maximum atomic E-state index is 12.2. The van der Waals surface area contributed by atoms with Gasteiger partial charge in [0.1, 0.15) is 6.54 Å². The predicted molar refractivity (Wildman–Crippen MR) is 111 cm³/mol. The second-order valence-corrected chi connectivity index (χ2v) is 6.51. The Hall–Kier alpha value is -4.32. The first-order valence-electron chi connectivity index (χ1n) is 9.34. The number of hydrogen-bond acceptors (Lipinski definition) is 6. The molecule has 0 spiro atoms. The second kappa shape index (κ2) is 8.79. The highest BCUT2D eigenvalue weighted by Crippen LogP contribution is 2.20. The molecule has 1 N–H and O–H groups in total. The van der Waals surface area contributed by atoms with E-state index in [4.69, 9.17) is 5.26 Å². The number of amides is 1. The third-order valence-corrected chi connectivity index (χ3v) is 4.45. The number of para-hydroxylation sites is 1.